The highest BCUT2D eigenvalue weighted by atomic mass is 19.3. The predicted molar refractivity (Wildman–Crippen MR) is 67.6 cm³/mol. The van der Waals surface area contributed by atoms with Gasteiger partial charge in [-0.25, -0.2) is 8.78 Å². The molecule has 0 aliphatic rings. The molecule has 1 atom stereocenters. The van der Waals surface area contributed by atoms with Gasteiger partial charge < -0.3 is 10.8 Å². The SMILES string of the molecule is Cc1ccccc1C(CN)N(CCO)CC(F)F. The third-order valence-electron chi connectivity index (χ3n) is 2.97. The van der Waals surface area contributed by atoms with E-state index >= 15 is 0 Å². The Balaban J connectivity index is 2.94. The summed E-state index contributed by atoms with van der Waals surface area (Å²) in [6.07, 6.45) is -2.44. The minimum absolute atomic E-state index is 0.158. The van der Waals surface area contributed by atoms with Crippen molar-refractivity contribution in [1.29, 1.82) is 0 Å². The van der Waals surface area contributed by atoms with Gasteiger partial charge in [-0.1, -0.05) is 24.3 Å². The lowest BCUT2D eigenvalue weighted by Gasteiger charge is -2.31. The molecule has 1 aromatic rings. The van der Waals surface area contributed by atoms with Crippen LogP contribution in [-0.2, 0) is 0 Å². The molecule has 0 bridgehead atoms. The Morgan fingerprint density at radius 3 is 2.50 bits per heavy atom. The maximum atomic E-state index is 12.6. The van der Waals surface area contributed by atoms with Gasteiger partial charge in [0.2, 0.25) is 0 Å². The van der Waals surface area contributed by atoms with E-state index in [1.807, 2.05) is 31.2 Å². The highest BCUT2D eigenvalue weighted by molar-refractivity contribution is 5.29. The van der Waals surface area contributed by atoms with Crippen molar-refractivity contribution in [3.8, 4) is 0 Å². The van der Waals surface area contributed by atoms with E-state index in [1.165, 1.54) is 4.90 Å². The Kier molecular flexibility index (Phi) is 6.18. The quantitative estimate of drug-likeness (QED) is 0.780. The number of halogens is 2. The van der Waals surface area contributed by atoms with Gasteiger partial charge in [-0.15, -0.1) is 0 Å². The second-order valence-electron chi connectivity index (χ2n) is 4.22. The van der Waals surface area contributed by atoms with Gasteiger partial charge >= 0.3 is 0 Å². The third kappa shape index (κ3) is 4.01. The first kappa shape index (κ1) is 15.0. The number of hydrogen-bond acceptors (Lipinski definition) is 3. The average molecular weight is 258 g/mol. The van der Waals surface area contributed by atoms with Gasteiger partial charge in [0.05, 0.1) is 13.2 Å². The van der Waals surface area contributed by atoms with Crippen LogP contribution in [0.25, 0.3) is 0 Å². The number of benzene rings is 1. The van der Waals surface area contributed by atoms with Crippen molar-refractivity contribution >= 4 is 0 Å². The minimum Gasteiger partial charge on any atom is -0.395 e. The summed E-state index contributed by atoms with van der Waals surface area (Å²) in [5.41, 5.74) is 7.67. The molecule has 0 saturated heterocycles. The van der Waals surface area contributed by atoms with E-state index in [-0.39, 0.29) is 32.3 Å². The van der Waals surface area contributed by atoms with E-state index in [1.54, 1.807) is 0 Å². The molecule has 1 rings (SSSR count). The van der Waals surface area contributed by atoms with E-state index in [9.17, 15) is 8.78 Å². The number of nitrogens with zero attached hydrogens (tertiary/aromatic N) is 1. The van der Waals surface area contributed by atoms with E-state index in [0.29, 0.717) is 0 Å². The molecule has 102 valence electrons. The zero-order valence-electron chi connectivity index (χ0n) is 10.5. The fourth-order valence-electron chi connectivity index (χ4n) is 2.11. The van der Waals surface area contributed by atoms with Crippen molar-refractivity contribution in [1.82, 2.24) is 4.90 Å². The van der Waals surface area contributed by atoms with Crippen molar-refractivity contribution in [2.75, 3.05) is 26.2 Å². The first-order chi connectivity index (χ1) is 8.60. The van der Waals surface area contributed by atoms with E-state index in [2.05, 4.69) is 0 Å². The maximum Gasteiger partial charge on any atom is 0.251 e. The van der Waals surface area contributed by atoms with Gasteiger partial charge in [0.1, 0.15) is 0 Å². The third-order valence-corrected chi connectivity index (χ3v) is 2.97. The van der Waals surface area contributed by atoms with Gasteiger partial charge in [-0.05, 0) is 18.1 Å². The molecule has 0 aliphatic heterocycles. The van der Waals surface area contributed by atoms with Crippen molar-refractivity contribution < 1.29 is 13.9 Å². The summed E-state index contributed by atoms with van der Waals surface area (Å²) < 4.78 is 25.1. The van der Waals surface area contributed by atoms with Crippen LogP contribution in [0, 0.1) is 6.92 Å². The summed E-state index contributed by atoms with van der Waals surface area (Å²) in [6, 6.07) is 7.30. The molecule has 1 unspecified atom stereocenters. The van der Waals surface area contributed by atoms with Crippen molar-refractivity contribution in [3.05, 3.63) is 35.4 Å². The Hall–Kier alpha value is -1.04. The summed E-state index contributed by atoms with van der Waals surface area (Å²) >= 11 is 0. The smallest absolute Gasteiger partial charge is 0.251 e. The Morgan fingerprint density at radius 1 is 1.33 bits per heavy atom. The van der Waals surface area contributed by atoms with Crippen LogP contribution < -0.4 is 5.73 Å². The minimum atomic E-state index is -2.44. The largest absolute Gasteiger partial charge is 0.395 e. The van der Waals surface area contributed by atoms with Crippen LogP contribution in [0.1, 0.15) is 17.2 Å². The zero-order chi connectivity index (χ0) is 13.5. The van der Waals surface area contributed by atoms with Gasteiger partial charge in [-0.3, -0.25) is 4.90 Å². The molecular formula is C13H20F2N2O. The fourth-order valence-corrected chi connectivity index (χ4v) is 2.11. The molecule has 0 amide bonds. The fraction of sp³-hybridized carbons (Fsp3) is 0.538. The molecule has 0 aliphatic carbocycles. The monoisotopic (exact) mass is 258 g/mol. The number of nitrogens with two attached hydrogens (primary N) is 1. The first-order valence-corrected chi connectivity index (χ1v) is 5.98. The summed E-state index contributed by atoms with van der Waals surface area (Å²) in [6.45, 7) is 1.83. The van der Waals surface area contributed by atoms with Gasteiger partial charge in [-0.2, -0.15) is 0 Å². The highest BCUT2D eigenvalue weighted by Gasteiger charge is 2.22. The number of aryl methyl sites for hydroxylation is 1. The Labute approximate surface area is 106 Å². The lowest BCUT2D eigenvalue weighted by atomic mass is 10.00. The Bertz CT molecular complexity index is 361. The topological polar surface area (TPSA) is 49.5 Å². The molecule has 0 spiro atoms. The molecule has 0 aromatic heterocycles. The lowest BCUT2D eigenvalue weighted by molar-refractivity contribution is 0.0560. The number of hydrogen-bond donors (Lipinski definition) is 2. The molecule has 18 heavy (non-hydrogen) atoms. The van der Waals surface area contributed by atoms with Crippen LogP contribution in [0.2, 0.25) is 0 Å². The zero-order valence-corrected chi connectivity index (χ0v) is 10.5. The first-order valence-electron chi connectivity index (χ1n) is 5.98. The molecular weight excluding hydrogens is 238 g/mol. The van der Waals surface area contributed by atoms with E-state index in [4.69, 9.17) is 10.8 Å². The molecule has 3 N–H and O–H groups in total. The van der Waals surface area contributed by atoms with E-state index in [0.717, 1.165) is 11.1 Å². The normalized spacial score (nSPS) is 13.3. The van der Waals surface area contributed by atoms with E-state index < -0.39 is 6.43 Å². The summed E-state index contributed by atoms with van der Waals surface area (Å²) in [4.78, 5) is 1.53. The van der Waals surface area contributed by atoms with Crippen LogP contribution in [0.15, 0.2) is 24.3 Å². The summed E-state index contributed by atoms with van der Waals surface area (Å²) in [5, 5.41) is 8.98. The second kappa shape index (κ2) is 7.41. The van der Waals surface area contributed by atoms with Crippen LogP contribution >= 0.6 is 0 Å². The average Bonchev–Trinajstić information content (AvgIpc) is 2.32. The number of aliphatic hydroxyl groups is 1. The number of rotatable bonds is 7. The van der Waals surface area contributed by atoms with Gasteiger partial charge in [0, 0.05) is 19.1 Å². The highest BCUT2D eigenvalue weighted by Crippen LogP contribution is 2.23. The van der Waals surface area contributed by atoms with Crippen LogP contribution in [0.4, 0.5) is 8.78 Å². The van der Waals surface area contributed by atoms with Crippen molar-refractivity contribution in [2.45, 2.75) is 19.4 Å². The van der Waals surface area contributed by atoms with Crippen molar-refractivity contribution in [3.63, 3.8) is 0 Å². The van der Waals surface area contributed by atoms with Crippen molar-refractivity contribution in [2.24, 2.45) is 5.73 Å². The van der Waals surface area contributed by atoms with Gasteiger partial charge in [0.25, 0.3) is 6.43 Å². The molecule has 0 saturated carbocycles. The van der Waals surface area contributed by atoms with Gasteiger partial charge in [0.15, 0.2) is 0 Å². The molecule has 0 heterocycles. The maximum absolute atomic E-state index is 12.6. The molecule has 3 nitrogen and oxygen atoms in total. The lowest BCUT2D eigenvalue weighted by Crippen LogP contribution is -2.39. The predicted octanol–water partition coefficient (Wildman–Crippen LogP) is 1.55. The standard InChI is InChI=1S/C13H20F2N2O/c1-10-4-2-3-5-11(10)12(8-16)17(6-7-18)9-13(14)15/h2-5,12-13,18H,6-9,16H2,1H3. The van der Waals surface area contributed by atoms with Crippen LogP contribution in [0.5, 0.6) is 0 Å². The summed E-state index contributed by atoms with van der Waals surface area (Å²) in [7, 11) is 0. The molecule has 1 aromatic carbocycles. The summed E-state index contributed by atoms with van der Waals surface area (Å²) in [5.74, 6) is 0. The number of alkyl halides is 2. The Morgan fingerprint density at radius 2 is 2.00 bits per heavy atom. The second-order valence-corrected chi connectivity index (χ2v) is 4.22. The molecule has 0 fully saturated rings. The molecule has 0 radical (unpaired) electrons. The number of aliphatic hydroxyl groups excluding tert-OH is 1. The van der Waals surface area contributed by atoms with Crippen LogP contribution in [-0.4, -0.2) is 42.7 Å². The van der Waals surface area contributed by atoms with Crippen LogP contribution in [0.3, 0.4) is 0 Å². The molecule has 5 heteroatoms.